The number of hydrogen-bond acceptors (Lipinski definition) is 4. The molecule has 0 saturated carbocycles. The van der Waals surface area contributed by atoms with Gasteiger partial charge in [0.05, 0.1) is 12.2 Å². The molecule has 7 nitrogen and oxygen atoms in total. The summed E-state index contributed by atoms with van der Waals surface area (Å²) in [7, 11) is 1.58. The lowest BCUT2D eigenvalue weighted by Crippen LogP contribution is -2.42. The summed E-state index contributed by atoms with van der Waals surface area (Å²) in [5.41, 5.74) is 3.41. The molecular weight excluding hydrogens is 370 g/mol. The summed E-state index contributed by atoms with van der Waals surface area (Å²) >= 11 is 0. The molecule has 0 radical (unpaired) electrons. The molecule has 7 heteroatoms. The fourth-order valence-corrected chi connectivity index (χ4v) is 3.16. The van der Waals surface area contributed by atoms with E-state index in [-0.39, 0.29) is 43.8 Å². The third-order valence-corrected chi connectivity index (χ3v) is 4.83. The van der Waals surface area contributed by atoms with Crippen molar-refractivity contribution in [3.8, 4) is 5.75 Å². The monoisotopic (exact) mass is 395 g/mol. The van der Waals surface area contributed by atoms with Crippen LogP contribution in [-0.2, 0) is 14.4 Å². The summed E-state index contributed by atoms with van der Waals surface area (Å²) in [4.78, 5) is 39.9. The number of rotatable bonds is 6. The van der Waals surface area contributed by atoms with Crippen molar-refractivity contribution in [3.05, 3.63) is 53.6 Å². The van der Waals surface area contributed by atoms with Crippen molar-refractivity contribution in [2.24, 2.45) is 0 Å². The van der Waals surface area contributed by atoms with Crippen LogP contribution in [0.25, 0.3) is 0 Å². The molecule has 0 saturated heterocycles. The van der Waals surface area contributed by atoms with Crippen LogP contribution in [0.1, 0.15) is 17.5 Å². The number of aryl methyl sites for hydroxylation is 2. The van der Waals surface area contributed by atoms with Gasteiger partial charge in [-0.3, -0.25) is 14.4 Å². The van der Waals surface area contributed by atoms with E-state index in [9.17, 15) is 14.4 Å². The Bertz CT molecular complexity index is 941. The minimum atomic E-state index is -0.262. The number of amides is 3. The predicted octanol–water partition coefficient (Wildman–Crippen LogP) is 2.52. The van der Waals surface area contributed by atoms with E-state index in [0.29, 0.717) is 11.4 Å². The molecule has 1 aliphatic heterocycles. The van der Waals surface area contributed by atoms with E-state index in [4.69, 9.17) is 4.74 Å². The summed E-state index contributed by atoms with van der Waals surface area (Å²) < 4.78 is 5.41. The van der Waals surface area contributed by atoms with Crippen LogP contribution in [-0.4, -0.2) is 49.4 Å². The lowest BCUT2D eigenvalue weighted by Gasteiger charge is -2.29. The zero-order valence-corrected chi connectivity index (χ0v) is 16.9. The van der Waals surface area contributed by atoms with Gasteiger partial charge < -0.3 is 19.9 Å². The second kappa shape index (κ2) is 8.77. The van der Waals surface area contributed by atoms with Crippen LogP contribution >= 0.6 is 0 Å². The van der Waals surface area contributed by atoms with Gasteiger partial charge in [0.1, 0.15) is 5.75 Å². The highest BCUT2D eigenvalue weighted by Crippen LogP contribution is 2.31. The maximum Gasteiger partial charge on any atom is 0.265 e. The van der Waals surface area contributed by atoms with Gasteiger partial charge in [0, 0.05) is 25.7 Å². The first-order chi connectivity index (χ1) is 13.8. The molecule has 0 aromatic heterocycles. The quantitative estimate of drug-likeness (QED) is 0.815. The van der Waals surface area contributed by atoms with Gasteiger partial charge in [-0.2, -0.15) is 0 Å². The molecule has 0 spiro atoms. The number of carbonyl (C=O) groups is 3. The molecule has 0 aliphatic carbocycles. The molecule has 1 aliphatic rings. The Labute approximate surface area is 170 Å². The molecule has 0 unspecified atom stereocenters. The van der Waals surface area contributed by atoms with Crippen molar-refractivity contribution in [2.45, 2.75) is 20.3 Å². The Morgan fingerprint density at radius 2 is 1.93 bits per heavy atom. The number of likely N-dealkylation sites (N-methyl/N-ethyl adjacent to an activating group) is 1. The highest BCUT2D eigenvalue weighted by atomic mass is 16.5. The molecular formula is C22H25N3O4. The van der Waals surface area contributed by atoms with Gasteiger partial charge >= 0.3 is 0 Å². The van der Waals surface area contributed by atoms with E-state index in [0.717, 1.165) is 16.8 Å². The smallest absolute Gasteiger partial charge is 0.265 e. The first kappa shape index (κ1) is 20.4. The zero-order valence-electron chi connectivity index (χ0n) is 16.9. The molecule has 152 valence electrons. The van der Waals surface area contributed by atoms with Crippen LogP contribution in [0.5, 0.6) is 5.75 Å². The van der Waals surface area contributed by atoms with Gasteiger partial charge in [-0.1, -0.05) is 24.3 Å². The first-order valence-corrected chi connectivity index (χ1v) is 9.48. The normalized spacial score (nSPS) is 12.8. The Morgan fingerprint density at radius 3 is 2.72 bits per heavy atom. The predicted molar refractivity (Wildman–Crippen MR) is 111 cm³/mol. The minimum absolute atomic E-state index is 0.0424. The summed E-state index contributed by atoms with van der Waals surface area (Å²) in [6, 6.07) is 13.1. The molecule has 0 bridgehead atoms. The second-order valence-electron chi connectivity index (χ2n) is 7.17. The Balaban J connectivity index is 1.55. The van der Waals surface area contributed by atoms with E-state index >= 15 is 0 Å². The fraction of sp³-hybridized carbons (Fsp3) is 0.318. The standard InChI is InChI=1S/C22H25N3O4/c1-15-8-9-16(2)17(12-15)23-20(26)13-24(3)21(27)10-11-25-18-6-4-5-7-19(18)29-14-22(25)28/h4-9,12H,10-11,13-14H2,1-3H3,(H,23,26). The van der Waals surface area contributed by atoms with Gasteiger partial charge in [0.15, 0.2) is 6.61 Å². The molecule has 3 amide bonds. The number of para-hydroxylation sites is 2. The number of fused-ring (bicyclic) bond motifs is 1. The van der Waals surface area contributed by atoms with Crippen LogP contribution < -0.4 is 15.0 Å². The van der Waals surface area contributed by atoms with Crippen LogP contribution in [0.15, 0.2) is 42.5 Å². The van der Waals surface area contributed by atoms with Crippen molar-refractivity contribution in [1.82, 2.24) is 4.90 Å². The third kappa shape index (κ3) is 4.93. The van der Waals surface area contributed by atoms with Crippen molar-refractivity contribution in [3.63, 3.8) is 0 Å². The van der Waals surface area contributed by atoms with Gasteiger partial charge in [-0.05, 0) is 43.2 Å². The van der Waals surface area contributed by atoms with E-state index in [2.05, 4.69) is 5.32 Å². The Hall–Kier alpha value is -3.35. The summed E-state index contributed by atoms with van der Waals surface area (Å²) in [6.45, 7) is 4.01. The van der Waals surface area contributed by atoms with Crippen molar-refractivity contribution in [2.75, 3.05) is 37.0 Å². The van der Waals surface area contributed by atoms with Crippen molar-refractivity contribution < 1.29 is 19.1 Å². The van der Waals surface area contributed by atoms with Crippen molar-refractivity contribution in [1.29, 1.82) is 0 Å². The molecule has 2 aromatic carbocycles. The number of nitrogens with one attached hydrogen (secondary N) is 1. The van der Waals surface area contributed by atoms with E-state index in [1.165, 1.54) is 4.90 Å². The maximum absolute atomic E-state index is 12.5. The third-order valence-electron chi connectivity index (χ3n) is 4.83. The molecule has 0 fully saturated rings. The van der Waals surface area contributed by atoms with Crippen LogP contribution in [0.2, 0.25) is 0 Å². The first-order valence-electron chi connectivity index (χ1n) is 9.48. The van der Waals surface area contributed by atoms with E-state index < -0.39 is 0 Å². The molecule has 1 heterocycles. The van der Waals surface area contributed by atoms with E-state index in [1.54, 1.807) is 24.1 Å². The number of anilines is 2. The molecule has 3 rings (SSSR count). The topological polar surface area (TPSA) is 79.0 Å². The number of ether oxygens (including phenoxy) is 1. The summed E-state index contributed by atoms with van der Waals surface area (Å²) in [5, 5.41) is 2.85. The lowest BCUT2D eigenvalue weighted by molar-refractivity contribution is -0.133. The number of benzene rings is 2. The molecule has 1 N–H and O–H groups in total. The van der Waals surface area contributed by atoms with Crippen LogP contribution in [0.3, 0.4) is 0 Å². The molecule has 29 heavy (non-hydrogen) atoms. The maximum atomic E-state index is 12.5. The minimum Gasteiger partial charge on any atom is -0.482 e. The molecule has 2 aromatic rings. The Kier molecular flexibility index (Phi) is 6.16. The zero-order chi connectivity index (χ0) is 21.0. The van der Waals surface area contributed by atoms with Crippen LogP contribution in [0, 0.1) is 13.8 Å². The highest BCUT2D eigenvalue weighted by Gasteiger charge is 2.26. The Morgan fingerprint density at radius 1 is 1.17 bits per heavy atom. The summed E-state index contributed by atoms with van der Waals surface area (Å²) in [6.07, 6.45) is 0.118. The molecule has 0 atom stereocenters. The fourth-order valence-electron chi connectivity index (χ4n) is 3.16. The van der Waals surface area contributed by atoms with E-state index in [1.807, 2.05) is 44.2 Å². The number of hydrogen-bond donors (Lipinski definition) is 1. The average molecular weight is 395 g/mol. The van der Waals surface area contributed by atoms with Gasteiger partial charge in [0.2, 0.25) is 11.8 Å². The number of nitrogens with zero attached hydrogens (tertiary/aromatic N) is 2. The highest BCUT2D eigenvalue weighted by molar-refractivity contribution is 5.98. The summed E-state index contributed by atoms with van der Waals surface area (Å²) in [5.74, 6) is -0.0344. The van der Waals surface area contributed by atoms with Crippen molar-refractivity contribution >= 4 is 29.1 Å². The number of carbonyl (C=O) groups excluding carboxylic acids is 3. The lowest BCUT2D eigenvalue weighted by atomic mass is 10.1. The van der Waals surface area contributed by atoms with Crippen LogP contribution in [0.4, 0.5) is 11.4 Å². The van der Waals surface area contributed by atoms with Gasteiger partial charge in [0.25, 0.3) is 5.91 Å². The SMILES string of the molecule is Cc1ccc(C)c(NC(=O)CN(C)C(=O)CCN2C(=O)COc3ccccc32)c1. The average Bonchev–Trinajstić information content (AvgIpc) is 2.69. The van der Waals surface area contributed by atoms with Gasteiger partial charge in [-0.25, -0.2) is 0 Å². The second-order valence-corrected chi connectivity index (χ2v) is 7.17. The van der Waals surface area contributed by atoms with Gasteiger partial charge in [-0.15, -0.1) is 0 Å². The largest absolute Gasteiger partial charge is 0.482 e.